The molecule has 0 saturated carbocycles. The highest BCUT2D eigenvalue weighted by molar-refractivity contribution is 5.91. The van der Waals surface area contributed by atoms with E-state index in [9.17, 15) is 19.2 Å². The van der Waals surface area contributed by atoms with Crippen LogP contribution in [0, 0.1) is 0 Å². The number of ether oxygens (including phenoxy) is 5. The molecule has 1 aliphatic heterocycles. The Kier molecular flexibility index (Phi) is 8.50. The first-order valence-corrected chi connectivity index (χ1v) is 11.9. The molecule has 4 rings (SSSR count). The lowest BCUT2D eigenvalue weighted by atomic mass is 10.1. The summed E-state index contributed by atoms with van der Waals surface area (Å²) in [4.78, 5) is 50.5. The highest BCUT2D eigenvalue weighted by Gasteiger charge is 2.54. The molecule has 0 N–H and O–H groups in total. The van der Waals surface area contributed by atoms with Crippen LogP contribution >= 0.6 is 0 Å². The van der Waals surface area contributed by atoms with Gasteiger partial charge < -0.3 is 23.7 Å². The van der Waals surface area contributed by atoms with Crippen molar-refractivity contribution in [1.82, 2.24) is 0 Å². The van der Waals surface area contributed by atoms with E-state index >= 15 is 0 Å². The summed E-state index contributed by atoms with van der Waals surface area (Å²) in [5.74, 6) is -2.82. The van der Waals surface area contributed by atoms with Crippen LogP contribution in [0.5, 0.6) is 0 Å². The molecule has 0 aromatic heterocycles. The minimum atomic E-state index is -1.42. The van der Waals surface area contributed by atoms with Gasteiger partial charge in [0, 0.05) is 6.92 Å². The number of rotatable bonds is 8. The van der Waals surface area contributed by atoms with Gasteiger partial charge >= 0.3 is 23.9 Å². The summed E-state index contributed by atoms with van der Waals surface area (Å²) in [5, 5.41) is 0. The number of carbonyl (C=O) groups excluding carboxylic acids is 4. The van der Waals surface area contributed by atoms with Gasteiger partial charge in [-0.05, 0) is 43.3 Å². The highest BCUT2D eigenvalue weighted by atomic mass is 16.8. The second-order valence-corrected chi connectivity index (χ2v) is 8.53. The Bertz CT molecular complexity index is 1260. The third-order valence-electron chi connectivity index (χ3n) is 5.76. The third kappa shape index (κ3) is 6.43. The number of esters is 4. The molecule has 1 fully saturated rings. The van der Waals surface area contributed by atoms with Crippen LogP contribution in [0.2, 0.25) is 0 Å². The van der Waals surface area contributed by atoms with Crippen molar-refractivity contribution in [2.45, 2.75) is 44.6 Å². The molecule has 1 aliphatic rings. The molecule has 1 saturated heterocycles. The Balaban J connectivity index is 1.63. The van der Waals surface area contributed by atoms with Crippen molar-refractivity contribution < 1.29 is 42.9 Å². The summed E-state index contributed by atoms with van der Waals surface area (Å²) in [6, 6.07) is 24.6. The standard InChI is InChI=1S/C29H26O9/c1-18(34-26(31)20-12-6-3-7-13-20)23-24(36-27(32)21-14-8-4-9-15-21)25(29(38-23)35-19(2)30)37-28(33)22-16-10-5-11-17-22/h3-18,23-25,29H,1-2H3. The SMILES string of the molecule is CC(=O)OC1OC(C(C)OC(=O)c2ccccc2)C(OC(=O)c2ccccc2)C1OC(=O)c1ccccc1. The zero-order valence-electron chi connectivity index (χ0n) is 20.7. The van der Waals surface area contributed by atoms with Gasteiger partial charge in [0.15, 0.2) is 6.10 Å². The van der Waals surface area contributed by atoms with E-state index in [1.165, 1.54) is 0 Å². The molecule has 0 spiro atoms. The van der Waals surface area contributed by atoms with Crippen LogP contribution in [0.4, 0.5) is 0 Å². The molecule has 0 aliphatic carbocycles. The third-order valence-corrected chi connectivity index (χ3v) is 5.76. The van der Waals surface area contributed by atoms with Crippen molar-refractivity contribution in [3.63, 3.8) is 0 Å². The predicted molar refractivity (Wildman–Crippen MR) is 133 cm³/mol. The van der Waals surface area contributed by atoms with E-state index < -0.39 is 54.6 Å². The zero-order valence-corrected chi connectivity index (χ0v) is 20.7. The van der Waals surface area contributed by atoms with Crippen LogP contribution in [0.3, 0.4) is 0 Å². The van der Waals surface area contributed by atoms with Gasteiger partial charge in [-0.15, -0.1) is 0 Å². The molecule has 38 heavy (non-hydrogen) atoms. The molecule has 0 amide bonds. The summed E-state index contributed by atoms with van der Waals surface area (Å²) in [6.45, 7) is 2.71. The van der Waals surface area contributed by atoms with E-state index in [4.69, 9.17) is 23.7 Å². The van der Waals surface area contributed by atoms with Crippen molar-refractivity contribution in [1.29, 1.82) is 0 Å². The maximum Gasteiger partial charge on any atom is 0.338 e. The minimum Gasteiger partial charge on any atom is -0.456 e. The molecular weight excluding hydrogens is 492 g/mol. The fourth-order valence-corrected chi connectivity index (χ4v) is 3.95. The summed E-state index contributed by atoms with van der Waals surface area (Å²) >= 11 is 0. The molecule has 3 aromatic rings. The average molecular weight is 519 g/mol. The van der Waals surface area contributed by atoms with Crippen molar-refractivity contribution in [2.75, 3.05) is 0 Å². The summed E-state index contributed by atoms with van der Waals surface area (Å²) < 4.78 is 28.2. The van der Waals surface area contributed by atoms with E-state index in [2.05, 4.69) is 0 Å². The number of hydrogen-bond acceptors (Lipinski definition) is 9. The van der Waals surface area contributed by atoms with Crippen molar-refractivity contribution in [3.8, 4) is 0 Å². The van der Waals surface area contributed by atoms with E-state index in [1.807, 2.05) is 0 Å². The van der Waals surface area contributed by atoms with Crippen LogP contribution < -0.4 is 0 Å². The number of benzene rings is 3. The lowest BCUT2D eigenvalue weighted by Gasteiger charge is -2.26. The molecule has 3 aromatic carbocycles. The Labute approximate surface area is 219 Å². The quantitative estimate of drug-likeness (QED) is 0.323. The molecule has 196 valence electrons. The maximum atomic E-state index is 13.0. The summed E-state index contributed by atoms with van der Waals surface area (Å²) in [5.41, 5.74) is 0.775. The monoisotopic (exact) mass is 518 g/mol. The van der Waals surface area contributed by atoms with Crippen molar-refractivity contribution in [2.24, 2.45) is 0 Å². The second-order valence-electron chi connectivity index (χ2n) is 8.53. The fraction of sp³-hybridized carbons (Fsp3) is 0.241. The molecule has 0 bridgehead atoms. The molecule has 9 heteroatoms. The van der Waals surface area contributed by atoms with E-state index in [1.54, 1.807) is 97.9 Å². The molecule has 5 unspecified atom stereocenters. The Hall–Kier alpha value is -4.50. The van der Waals surface area contributed by atoms with Gasteiger partial charge in [-0.2, -0.15) is 0 Å². The zero-order chi connectivity index (χ0) is 27.1. The molecule has 9 nitrogen and oxygen atoms in total. The molecular formula is C29H26O9. The normalized spacial score (nSPS) is 21.1. The van der Waals surface area contributed by atoms with Gasteiger partial charge in [0.05, 0.1) is 16.7 Å². The molecule has 0 radical (unpaired) electrons. The molecule has 1 heterocycles. The van der Waals surface area contributed by atoms with Crippen LogP contribution in [-0.4, -0.2) is 54.6 Å². The van der Waals surface area contributed by atoms with Gasteiger partial charge in [-0.25, -0.2) is 14.4 Å². The fourth-order valence-electron chi connectivity index (χ4n) is 3.95. The van der Waals surface area contributed by atoms with Crippen molar-refractivity contribution in [3.05, 3.63) is 108 Å². The average Bonchev–Trinajstić information content (AvgIpc) is 3.25. The van der Waals surface area contributed by atoms with Crippen LogP contribution in [0.25, 0.3) is 0 Å². The Morgan fingerprint density at radius 3 is 1.50 bits per heavy atom. The number of carbonyl (C=O) groups is 4. The topological polar surface area (TPSA) is 114 Å². The first-order valence-electron chi connectivity index (χ1n) is 11.9. The van der Waals surface area contributed by atoms with Crippen LogP contribution in [0.1, 0.15) is 44.9 Å². The van der Waals surface area contributed by atoms with Gasteiger partial charge in [-0.1, -0.05) is 54.6 Å². The lowest BCUT2D eigenvalue weighted by molar-refractivity contribution is -0.191. The lowest BCUT2D eigenvalue weighted by Crippen LogP contribution is -2.45. The summed E-state index contributed by atoms with van der Waals surface area (Å²) in [6.07, 6.45) is -6.17. The maximum absolute atomic E-state index is 13.0. The van der Waals surface area contributed by atoms with Crippen LogP contribution in [0.15, 0.2) is 91.0 Å². The van der Waals surface area contributed by atoms with Crippen LogP contribution in [-0.2, 0) is 28.5 Å². The Morgan fingerprint density at radius 1 is 0.632 bits per heavy atom. The van der Waals surface area contributed by atoms with Gasteiger partial charge in [0.1, 0.15) is 12.2 Å². The summed E-state index contributed by atoms with van der Waals surface area (Å²) in [7, 11) is 0. The Morgan fingerprint density at radius 2 is 1.05 bits per heavy atom. The predicted octanol–water partition coefficient (Wildman–Crippen LogP) is 3.97. The number of hydrogen-bond donors (Lipinski definition) is 0. The molecule has 5 atom stereocenters. The van der Waals surface area contributed by atoms with Gasteiger partial charge in [0.2, 0.25) is 12.4 Å². The second kappa shape index (κ2) is 12.2. The highest BCUT2D eigenvalue weighted by Crippen LogP contribution is 2.32. The minimum absolute atomic E-state index is 0.231. The first-order chi connectivity index (χ1) is 18.3. The van der Waals surface area contributed by atoms with Gasteiger partial charge in [0.25, 0.3) is 0 Å². The largest absolute Gasteiger partial charge is 0.456 e. The van der Waals surface area contributed by atoms with Gasteiger partial charge in [-0.3, -0.25) is 4.79 Å². The van der Waals surface area contributed by atoms with E-state index in [0.29, 0.717) is 5.56 Å². The smallest absolute Gasteiger partial charge is 0.338 e. The van der Waals surface area contributed by atoms with Crippen molar-refractivity contribution >= 4 is 23.9 Å². The first kappa shape index (κ1) is 26.6. The van der Waals surface area contributed by atoms with E-state index in [0.717, 1.165) is 6.92 Å². The van der Waals surface area contributed by atoms with E-state index in [-0.39, 0.29) is 11.1 Å².